The molecule has 89 valence electrons. The Morgan fingerprint density at radius 3 is 2.75 bits per heavy atom. The largest absolute Gasteiger partial charge is 0.397 e. The lowest BCUT2D eigenvalue weighted by atomic mass is 10.1. The maximum Gasteiger partial charge on any atom is 0.0585 e. The number of nitrogens with two attached hydrogens (primary N) is 1. The van der Waals surface area contributed by atoms with Crippen molar-refractivity contribution in [3.63, 3.8) is 0 Å². The smallest absolute Gasteiger partial charge is 0.0585 e. The van der Waals surface area contributed by atoms with Crippen molar-refractivity contribution in [3.8, 4) is 0 Å². The van der Waals surface area contributed by atoms with Crippen molar-refractivity contribution in [1.29, 1.82) is 0 Å². The minimum Gasteiger partial charge on any atom is -0.397 e. The quantitative estimate of drug-likeness (QED) is 0.449. The van der Waals surface area contributed by atoms with Crippen LogP contribution in [0.25, 0.3) is 0 Å². The van der Waals surface area contributed by atoms with Gasteiger partial charge in [-0.1, -0.05) is 13.8 Å². The molecule has 3 N–H and O–H groups in total. The molecule has 0 atom stereocenters. The Morgan fingerprint density at radius 2 is 2.12 bits per heavy atom. The molecule has 0 aliphatic rings. The summed E-state index contributed by atoms with van der Waals surface area (Å²) in [6, 6.07) is 6.13. The molecule has 1 rings (SSSR count). The number of hydrogen-bond acceptors (Lipinski definition) is 3. The van der Waals surface area contributed by atoms with E-state index >= 15 is 0 Å². The topological polar surface area (TPSA) is 38.0 Å². The molecule has 0 spiro atoms. The Balaban J connectivity index is 2.46. The molecule has 0 saturated carbocycles. The number of nitrogen functional groups attached to an aromatic ring is 1. The molecule has 0 bridgehead atoms. The zero-order valence-corrected chi connectivity index (χ0v) is 11.2. The van der Waals surface area contributed by atoms with Crippen LogP contribution in [0.15, 0.2) is 23.1 Å². The summed E-state index contributed by atoms with van der Waals surface area (Å²) in [7, 11) is 0. The van der Waals surface area contributed by atoms with Crippen molar-refractivity contribution in [2.75, 3.05) is 23.9 Å². The van der Waals surface area contributed by atoms with Crippen LogP contribution in [0.3, 0.4) is 0 Å². The Bertz CT molecular complexity index is 324. The molecule has 0 aliphatic heterocycles. The van der Waals surface area contributed by atoms with E-state index in [2.05, 4.69) is 37.6 Å². The van der Waals surface area contributed by atoms with Crippen molar-refractivity contribution < 1.29 is 0 Å². The highest BCUT2D eigenvalue weighted by Crippen LogP contribution is 2.25. The highest BCUT2D eigenvalue weighted by molar-refractivity contribution is 7.98. The fraction of sp³-hybridized carbons (Fsp3) is 0.462. The van der Waals surface area contributed by atoms with Crippen LogP contribution in [0.1, 0.15) is 26.7 Å². The van der Waals surface area contributed by atoms with Gasteiger partial charge in [-0.05, 0) is 43.2 Å². The van der Waals surface area contributed by atoms with Crippen LogP contribution in [0.2, 0.25) is 0 Å². The normalized spacial score (nSPS) is 10.8. The Morgan fingerprint density at radius 1 is 1.38 bits per heavy atom. The predicted molar refractivity (Wildman–Crippen MR) is 75.0 cm³/mol. The number of rotatable bonds is 6. The van der Waals surface area contributed by atoms with Gasteiger partial charge in [0.05, 0.1) is 11.4 Å². The van der Waals surface area contributed by atoms with Gasteiger partial charge in [0.25, 0.3) is 0 Å². The van der Waals surface area contributed by atoms with Gasteiger partial charge in [0.15, 0.2) is 0 Å². The molecular weight excluding hydrogens is 216 g/mol. The summed E-state index contributed by atoms with van der Waals surface area (Å²) >= 11 is 1.74. The van der Waals surface area contributed by atoms with E-state index in [1.165, 1.54) is 17.2 Å². The van der Waals surface area contributed by atoms with Crippen molar-refractivity contribution in [1.82, 2.24) is 0 Å². The fourth-order valence-electron chi connectivity index (χ4n) is 1.48. The molecule has 16 heavy (non-hydrogen) atoms. The van der Waals surface area contributed by atoms with E-state index in [1.54, 1.807) is 11.8 Å². The van der Waals surface area contributed by atoms with Gasteiger partial charge in [-0.15, -0.1) is 11.8 Å². The summed E-state index contributed by atoms with van der Waals surface area (Å²) in [5, 5.41) is 3.39. The number of thioether (sulfide) groups is 1. The Hall–Kier alpha value is -0.830. The first kappa shape index (κ1) is 13.2. The average molecular weight is 237 g/mol. The maximum atomic E-state index is 5.91. The van der Waals surface area contributed by atoms with E-state index < -0.39 is 0 Å². The molecule has 1 aromatic carbocycles. The summed E-state index contributed by atoms with van der Waals surface area (Å²) in [5.41, 5.74) is 7.79. The van der Waals surface area contributed by atoms with E-state index in [-0.39, 0.29) is 0 Å². The predicted octanol–water partition coefficient (Wildman–Crippen LogP) is 3.80. The van der Waals surface area contributed by atoms with Gasteiger partial charge in [-0.25, -0.2) is 0 Å². The number of hydrogen-bond donors (Lipinski definition) is 2. The van der Waals surface area contributed by atoms with Gasteiger partial charge in [0.2, 0.25) is 0 Å². The lowest BCUT2D eigenvalue weighted by Gasteiger charge is -2.11. The van der Waals surface area contributed by atoms with Crippen molar-refractivity contribution in [2.24, 2.45) is 0 Å². The Labute approximate surface area is 103 Å². The van der Waals surface area contributed by atoms with Crippen molar-refractivity contribution >= 4 is 23.1 Å². The van der Waals surface area contributed by atoms with E-state index in [0.717, 1.165) is 24.3 Å². The summed E-state index contributed by atoms with van der Waals surface area (Å²) in [6.07, 6.45) is 4.41. The molecule has 1 radical (unpaired) electrons. The van der Waals surface area contributed by atoms with Crippen LogP contribution < -0.4 is 11.1 Å². The number of anilines is 2. The number of nitrogens with one attached hydrogen (secondary N) is 1. The zero-order chi connectivity index (χ0) is 12.0. The van der Waals surface area contributed by atoms with Crippen LogP contribution in [-0.2, 0) is 0 Å². The second-order valence-corrected chi connectivity index (χ2v) is 5.07. The SMILES string of the molecule is CSc1ccc(N)c(NCCC[C](C)C)c1. The minimum atomic E-state index is 0.829. The van der Waals surface area contributed by atoms with Crippen LogP contribution in [0.5, 0.6) is 0 Å². The highest BCUT2D eigenvalue weighted by Gasteiger charge is 2.00. The lowest BCUT2D eigenvalue weighted by molar-refractivity contribution is 0.775. The lowest BCUT2D eigenvalue weighted by Crippen LogP contribution is -2.05. The molecule has 0 fully saturated rings. The summed E-state index contributed by atoms with van der Waals surface area (Å²) in [4.78, 5) is 1.25. The van der Waals surface area contributed by atoms with Gasteiger partial charge in [-0.3, -0.25) is 0 Å². The highest BCUT2D eigenvalue weighted by atomic mass is 32.2. The average Bonchev–Trinajstić information content (AvgIpc) is 2.26. The first-order valence-electron chi connectivity index (χ1n) is 5.60. The molecule has 0 aromatic heterocycles. The van der Waals surface area contributed by atoms with Gasteiger partial charge < -0.3 is 11.1 Å². The van der Waals surface area contributed by atoms with E-state index in [0.29, 0.717) is 0 Å². The fourth-order valence-corrected chi connectivity index (χ4v) is 1.92. The maximum absolute atomic E-state index is 5.91. The third-order valence-corrected chi connectivity index (χ3v) is 3.15. The van der Waals surface area contributed by atoms with E-state index in [9.17, 15) is 0 Å². The van der Waals surface area contributed by atoms with Gasteiger partial charge in [0, 0.05) is 11.4 Å². The molecule has 1 aromatic rings. The van der Waals surface area contributed by atoms with E-state index in [1.807, 2.05) is 6.07 Å². The molecule has 3 heteroatoms. The molecule has 0 unspecified atom stereocenters. The standard InChI is InChI=1S/C13H21N2S/c1-10(2)5-4-8-15-13-9-11(16-3)6-7-12(13)14/h6-7,9,15H,4-5,8,14H2,1-3H3. The van der Waals surface area contributed by atoms with Gasteiger partial charge in [-0.2, -0.15) is 0 Å². The second kappa shape index (κ2) is 6.69. The van der Waals surface area contributed by atoms with Crippen LogP contribution in [0, 0.1) is 5.92 Å². The minimum absolute atomic E-state index is 0.829. The van der Waals surface area contributed by atoms with Gasteiger partial charge in [0.1, 0.15) is 0 Å². The Kier molecular flexibility index (Phi) is 5.53. The summed E-state index contributed by atoms with van der Waals surface area (Å²) in [5.74, 6) is 1.48. The molecule has 0 aliphatic carbocycles. The first-order chi connectivity index (χ1) is 7.63. The first-order valence-corrected chi connectivity index (χ1v) is 6.82. The zero-order valence-electron chi connectivity index (χ0n) is 10.3. The monoisotopic (exact) mass is 237 g/mol. The number of benzene rings is 1. The molecule has 2 nitrogen and oxygen atoms in total. The van der Waals surface area contributed by atoms with Crippen LogP contribution in [0.4, 0.5) is 11.4 Å². The van der Waals surface area contributed by atoms with Crippen LogP contribution in [-0.4, -0.2) is 12.8 Å². The van der Waals surface area contributed by atoms with E-state index in [4.69, 9.17) is 5.73 Å². The third-order valence-electron chi connectivity index (χ3n) is 2.43. The summed E-state index contributed by atoms with van der Waals surface area (Å²) in [6.45, 7) is 5.32. The van der Waals surface area contributed by atoms with Gasteiger partial charge >= 0.3 is 0 Å². The van der Waals surface area contributed by atoms with Crippen LogP contribution >= 0.6 is 11.8 Å². The molecule has 0 amide bonds. The second-order valence-electron chi connectivity index (χ2n) is 4.19. The van der Waals surface area contributed by atoms with Crippen molar-refractivity contribution in [2.45, 2.75) is 31.6 Å². The molecule has 0 saturated heterocycles. The summed E-state index contributed by atoms with van der Waals surface area (Å²) < 4.78 is 0. The molecular formula is C13H21N2S. The van der Waals surface area contributed by atoms with Crippen molar-refractivity contribution in [3.05, 3.63) is 24.1 Å². The third kappa shape index (κ3) is 4.35. The molecule has 0 heterocycles.